The summed E-state index contributed by atoms with van der Waals surface area (Å²) in [6, 6.07) is 15.0. The molecule has 3 rings (SSSR count). The van der Waals surface area contributed by atoms with Crippen molar-refractivity contribution in [3.63, 3.8) is 0 Å². The fourth-order valence-corrected chi connectivity index (χ4v) is 2.47. The zero-order valence-electron chi connectivity index (χ0n) is 10.5. The summed E-state index contributed by atoms with van der Waals surface area (Å²) in [5.74, 6) is 0.260. The van der Waals surface area contributed by atoms with Crippen LogP contribution in [0.2, 0.25) is 0 Å². The van der Waals surface area contributed by atoms with Crippen molar-refractivity contribution in [3.8, 4) is 5.75 Å². The van der Waals surface area contributed by atoms with Gasteiger partial charge in [0.15, 0.2) is 0 Å². The monoisotopic (exact) mass is 253 g/mol. The summed E-state index contributed by atoms with van der Waals surface area (Å²) in [7, 11) is 0. The largest absolute Gasteiger partial charge is 0.508 e. The molecule has 1 unspecified atom stereocenters. The molecule has 2 aromatic rings. The van der Waals surface area contributed by atoms with Crippen molar-refractivity contribution in [1.29, 1.82) is 0 Å². The van der Waals surface area contributed by atoms with Gasteiger partial charge in [0.05, 0.1) is 5.92 Å². The molecule has 0 radical (unpaired) electrons. The molecule has 0 aromatic heterocycles. The molecule has 0 saturated heterocycles. The van der Waals surface area contributed by atoms with Gasteiger partial charge < -0.3 is 10.4 Å². The van der Waals surface area contributed by atoms with Crippen LogP contribution in [0, 0.1) is 0 Å². The van der Waals surface area contributed by atoms with E-state index in [1.54, 1.807) is 18.2 Å². The Hall–Kier alpha value is -2.29. The fraction of sp³-hybridized carbons (Fsp3) is 0.188. The van der Waals surface area contributed by atoms with Gasteiger partial charge in [-0.2, -0.15) is 0 Å². The van der Waals surface area contributed by atoms with Crippen molar-refractivity contribution in [2.45, 2.75) is 18.9 Å². The minimum Gasteiger partial charge on any atom is -0.508 e. The summed E-state index contributed by atoms with van der Waals surface area (Å²) in [4.78, 5) is 12.1. The standard InChI is InChI=1S/C16H15NO2/c18-13-6-3-4-11(8-13)10-17-16(19)15-9-12-5-1-2-7-14(12)15/h1-8,15,18H,9-10H2,(H,17,19). The van der Waals surface area contributed by atoms with E-state index in [0.717, 1.165) is 17.5 Å². The van der Waals surface area contributed by atoms with Crippen molar-refractivity contribution in [2.75, 3.05) is 0 Å². The zero-order valence-corrected chi connectivity index (χ0v) is 10.5. The molecule has 96 valence electrons. The van der Waals surface area contributed by atoms with Gasteiger partial charge in [-0.1, -0.05) is 36.4 Å². The van der Waals surface area contributed by atoms with Crippen LogP contribution in [0.25, 0.3) is 0 Å². The number of hydrogen-bond acceptors (Lipinski definition) is 2. The van der Waals surface area contributed by atoms with Crippen molar-refractivity contribution < 1.29 is 9.90 Å². The summed E-state index contributed by atoms with van der Waals surface area (Å²) in [6.07, 6.45) is 0.821. The van der Waals surface area contributed by atoms with Crippen LogP contribution in [0.1, 0.15) is 22.6 Å². The number of hydrogen-bond donors (Lipinski definition) is 2. The van der Waals surface area contributed by atoms with Crippen LogP contribution in [-0.4, -0.2) is 11.0 Å². The summed E-state index contributed by atoms with van der Waals surface area (Å²) >= 11 is 0. The quantitative estimate of drug-likeness (QED) is 0.882. The van der Waals surface area contributed by atoms with Crippen molar-refractivity contribution >= 4 is 5.91 Å². The third-order valence-electron chi connectivity index (χ3n) is 3.55. The maximum absolute atomic E-state index is 12.1. The molecule has 1 aliphatic carbocycles. The topological polar surface area (TPSA) is 49.3 Å². The Labute approximate surface area is 111 Å². The number of phenolic OH excluding ortho intramolecular Hbond substituents is 1. The molecule has 3 heteroatoms. The third kappa shape index (κ3) is 2.32. The molecule has 0 heterocycles. The Bertz CT molecular complexity index is 622. The summed E-state index contributed by atoms with van der Waals surface area (Å²) in [6.45, 7) is 0.450. The van der Waals surface area contributed by atoms with Crippen molar-refractivity contribution in [2.24, 2.45) is 0 Å². The molecule has 2 aromatic carbocycles. The molecule has 2 N–H and O–H groups in total. The van der Waals surface area contributed by atoms with Crippen LogP contribution >= 0.6 is 0 Å². The van der Waals surface area contributed by atoms with Gasteiger partial charge in [-0.05, 0) is 35.2 Å². The molecule has 1 aliphatic rings. The molecule has 0 saturated carbocycles. The molecular weight excluding hydrogens is 238 g/mol. The summed E-state index contributed by atoms with van der Waals surface area (Å²) in [5, 5.41) is 12.3. The van der Waals surface area contributed by atoms with Crippen LogP contribution in [0.3, 0.4) is 0 Å². The van der Waals surface area contributed by atoms with Gasteiger partial charge in [0.2, 0.25) is 5.91 Å². The number of nitrogens with one attached hydrogen (secondary N) is 1. The molecule has 0 fully saturated rings. The van der Waals surface area contributed by atoms with Gasteiger partial charge in [-0.3, -0.25) is 4.79 Å². The zero-order chi connectivity index (χ0) is 13.2. The molecule has 1 atom stereocenters. The molecule has 0 spiro atoms. The van der Waals surface area contributed by atoms with Crippen molar-refractivity contribution in [1.82, 2.24) is 5.32 Å². The predicted octanol–water partition coefficient (Wildman–Crippen LogP) is 2.35. The molecular formula is C16H15NO2. The van der Waals surface area contributed by atoms with E-state index in [1.807, 2.05) is 24.3 Å². The maximum Gasteiger partial charge on any atom is 0.228 e. The first-order chi connectivity index (χ1) is 9.24. The van der Waals surface area contributed by atoms with Crippen LogP contribution in [0.5, 0.6) is 5.75 Å². The molecule has 1 amide bonds. The third-order valence-corrected chi connectivity index (χ3v) is 3.55. The predicted molar refractivity (Wildman–Crippen MR) is 72.8 cm³/mol. The number of carbonyl (C=O) groups is 1. The van der Waals surface area contributed by atoms with E-state index < -0.39 is 0 Å². The number of amides is 1. The van der Waals surface area contributed by atoms with Crippen LogP contribution in [0.4, 0.5) is 0 Å². The first-order valence-corrected chi connectivity index (χ1v) is 6.37. The van der Waals surface area contributed by atoms with Gasteiger partial charge in [0, 0.05) is 6.54 Å². The van der Waals surface area contributed by atoms with Gasteiger partial charge >= 0.3 is 0 Å². The van der Waals surface area contributed by atoms with E-state index in [-0.39, 0.29) is 17.6 Å². The van der Waals surface area contributed by atoms with E-state index >= 15 is 0 Å². The normalized spacial score (nSPS) is 16.3. The first kappa shape index (κ1) is 11.8. The van der Waals surface area contributed by atoms with E-state index in [2.05, 4.69) is 11.4 Å². The highest BCUT2D eigenvalue weighted by atomic mass is 16.3. The maximum atomic E-state index is 12.1. The SMILES string of the molecule is O=C(NCc1cccc(O)c1)C1Cc2ccccc21. The second kappa shape index (κ2) is 4.76. The lowest BCUT2D eigenvalue weighted by Gasteiger charge is -2.28. The molecule has 19 heavy (non-hydrogen) atoms. The summed E-state index contributed by atoms with van der Waals surface area (Å²) in [5.41, 5.74) is 3.30. The number of rotatable bonds is 3. The highest BCUT2D eigenvalue weighted by Gasteiger charge is 2.31. The lowest BCUT2D eigenvalue weighted by Crippen LogP contribution is -2.35. The average molecular weight is 253 g/mol. The Morgan fingerprint density at radius 3 is 2.84 bits per heavy atom. The molecule has 3 nitrogen and oxygen atoms in total. The van der Waals surface area contributed by atoms with Gasteiger partial charge in [-0.25, -0.2) is 0 Å². The van der Waals surface area contributed by atoms with Crippen LogP contribution in [0.15, 0.2) is 48.5 Å². The minimum absolute atomic E-state index is 0.0199. The average Bonchev–Trinajstić information content (AvgIpc) is 2.38. The number of phenols is 1. The highest BCUT2D eigenvalue weighted by molar-refractivity contribution is 5.86. The molecule has 0 aliphatic heterocycles. The first-order valence-electron chi connectivity index (χ1n) is 6.37. The lowest BCUT2D eigenvalue weighted by atomic mass is 9.77. The second-order valence-electron chi connectivity index (χ2n) is 4.84. The number of aromatic hydroxyl groups is 1. The Morgan fingerprint density at radius 1 is 1.21 bits per heavy atom. The Kier molecular flexibility index (Phi) is 2.95. The van der Waals surface area contributed by atoms with Gasteiger partial charge in [-0.15, -0.1) is 0 Å². The van der Waals surface area contributed by atoms with Crippen molar-refractivity contribution in [3.05, 3.63) is 65.2 Å². The van der Waals surface area contributed by atoms with Gasteiger partial charge in [0.1, 0.15) is 5.75 Å². The number of fused-ring (bicyclic) bond motifs is 1. The summed E-state index contributed by atoms with van der Waals surface area (Å²) < 4.78 is 0. The Morgan fingerprint density at radius 2 is 2.05 bits per heavy atom. The lowest BCUT2D eigenvalue weighted by molar-refractivity contribution is -0.123. The highest BCUT2D eigenvalue weighted by Crippen LogP contribution is 2.34. The number of carbonyl (C=O) groups excluding carboxylic acids is 1. The Balaban J connectivity index is 1.62. The fourth-order valence-electron chi connectivity index (χ4n) is 2.47. The number of benzene rings is 2. The minimum atomic E-state index is -0.0199. The second-order valence-corrected chi connectivity index (χ2v) is 4.84. The smallest absolute Gasteiger partial charge is 0.228 e. The van der Waals surface area contributed by atoms with Crippen LogP contribution in [-0.2, 0) is 17.8 Å². The van der Waals surface area contributed by atoms with Crippen LogP contribution < -0.4 is 5.32 Å². The van der Waals surface area contributed by atoms with E-state index in [9.17, 15) is 9.90 Å². The molecule has 0 bridgehead atoms. The van der Waals surface area contributed by atoms with E-state index in [4.69, 9.17) is 0 Å². The van der Waals surface area contributed by atoms with E-state index in [1.165, 1.54) is 5.56 Å². The van der Waals surface area contributed by atoms with Gasteiger partial charge in [0.25, 0.3) is 0 Å². The van der Waals surface area contributed by atoms with E-state index in [0.29, 0.717) is 6.54 Å².